The summed E-state index contributed by atoms with van der Waals surface area (Å²) in [6.45, 7) is 5.59. The monoisotopic (exact) mass is 260 g/mol. The van der Waals surface area contributed by atoms with Gasteiger partial charge in [0.05, 0.1) is 11.6 Å². The van der Waals surface area contributed by atoms with Crippen LogP contribution in [0.4, 0.5) is 0 Å². The van der Waals surface area contributed by atoms with Gasteiger partial charge in [-0.1, -0.05) is 12.1 Å². The van der Waals surface area contributed by atoms with E-state index in [4.69, 9.17) is 5.26 Å². The van der Waals surface area contributed by atoms with Gasteiger partial charge in [0.25, 0.3) is 0 Å². The Balaban J connectivity index is 1.91. The summed E-state index contributed by atoms with van der Waals surface area (Å²) < 4.78 is 0.404. The second kappa shape index (κ2) is 5.77. The van der Waals surface area contributed by atoms with Crippen molar-refractivity contribution in [2.24, 2.45) is 0 Å². The van der Waals surface area contributed by atoms with Gasteiger partial charge in [0.15, 0.2) is 0 Å². The van der Waals surface area contributed by atoms with Gasteiger partial charge in [-0.3, -0.25) is 0 Å². The van der Waals surface area contributed by atoms with E-state index in [0.29, 0.717) is 10.8 Å². The molecule has 0 amide bonds. The smallest absolute Gasteiger partial charge is 0.0991 e. The minimum Gasteiger partial charge on any atom is -0.309 e. The third-order valence-corrected chi connectivity index (χ3v) is 5.16. The molecule has 2 rings (SSSR count). The van der Waals surface area contributed by atoms with E-state index in [1.165, 1.54) is 24.2 Å². The number of nitrogens with zero attached hydrogens (tertiary/aromatic N) is 1. The first-order chi connectivity index (χ1) is 8.63. The molecule has 0 aromatic heterocycles. The highest BCUT2D eigenvalue weighted by Crippen LogP contribution is 2.37. The Kier molecular flexibility index (Phi) is 4.31. The lowest BCUT2D eigenvalue weighted by molar-refractivity contribution is 0.490. The normalized spacial score (nSPS) is 24.7. The Labute approximate surface area is 114 Å². The van der Waals surface area contributed by atoms with Gasteiger partial charge in [0, 0.05) is 17.3 Å². The van der Waals surface area contributed by atoms with Crippen LogP contribution >= 0.6 is 11.8 Å². The van der Waals surface area contributed by atoms with Gasteiger partial charge >= 0.3 is 0 Å². The maximum atomic E-state index is 8.78. The van der Waals surface area contributed by atoms with E-state index in [2.05, 4.69) is 37.0 Å². The van der Waals surface area contributed by atoms with Crippen LogP contribution in [0, 0.1) is 11.3 Å². The molecule has 96 valence electrons. The molecule has 3 heteroatoms. The summed E-state index contributed by atoms with van der Waals surface area (Å²) in [5, 5.41) is 12.4. The van der Waals surface area contributed by atoms with E-state index in [9.17, 15) is 0 Å². The molecule has 0 bridgehead atoms. The highest BCUT2D eigenvalue weighted by Gasteiger charge is 2.29. The van der Waals surface area contributed by atoms with Crippen molar-refractivity contribution in [2.75, 3.05) is 12.3 Å². The minimum atomic E-state index is 0.343. The zero-order valence-electron chi connectivity index (χ0n) is 11.1. The Morgan fingerprint density at radius 3 is 2.72 bits per heavy atom. The maximum absolute atomic E-state index is 8.78. The van der Waals surface area contributed by atoms with E-state index < -0.39 is 0 Å². The number of benzene rings is 1. The Morgan fingerprint density at radius 2 is 2.17 bits per heavy atom. The first-order valence-electron chi connectivity index (χ1n) is 6.50. The van der Waals surface area contributed by atoms with Gasteiger partial charge in [0.1, 0.15) is 0 Å². The van der Waals surface area contributed by atoms with Gasteiger partial charge < -0.3 is 5.32 Å². The molecule has 1 aromatic rings. The van der Waals surface area contributed by atoms with E-state index in [1.807, 2.05) is 24.3 Å². The van der Waals surface area contributed by atoms with E-state index in [-0.39, 0.29) is 0 Å². The number of hydrogen-bond acceptors (Lipinski definition) is 3. The molecule has 1 heterocycles. The first kappa shape index (κ1) is 13.5. The fourth-order valence-corrected chi connectivity index (χ4v) is 3.56. The average Bonchev–Trinajstić information content (AvgIpc) is 2.83. The Morgan fingerprint density at radius 1 is 1.44 bits per heavy atom. The van der Waals surface area contributed by atoms with Crippen molar-refractivity contribution in [2.45, 2.75) is 37.5 Å². The summed E-state index contributed by atoms with van der Waals surface area (Å²) in [5.74, 6) is 1.30. The number of hydrogen-bond donors (Lipinski definition) is 1. The van der Waals surface area contributed by atoms with Crippen LogP contribution in [0.2, 0.25) is 0 Å². The van der Waals surface area contributed by atoms with Gasteiger partial charge in [-0.15, -0.1) is 0 Å². The first-order valence-corrected chi connectivity index (χ1v) is 7.49. The van der Waals surface area contributed by atoms with Crippen molar-refractivity contribution in [3.63, 3.8) is 0 Å². The molecule has 2 unspecified atom stereocenters. The van der Waals surface area contributed by atoms with Gasteiger partial charge in [0.2, 0.25) is 0 Å². The molecule has 1 aromatic carbocycles. The second-order valence-corrected chi connectivity index (χ2v) is 6.92. The summed E-state index contributed by atoms with van der Waals surface area (Å²) in [6, 6.07) is 10.4. The van der Waals surface area contributed by atoms with Crippen molar-refractivity contribution in [1.82, 2.24) is 5.32 Å². The Bertz CT molecular complexity index is 427. The molecule has 0 radical (unpaired) electrons. The second-order valence-electron chi connectivity index (χ2n) is 5.24. The number of thioether (sulfide) groups is 1. The molecule has 1 N–H and O–H groups in total. The maximum Gasteiger partial charge on any atom is 0.0991 e. The number of rotatable bonds is 4. The molecular formula is C15H20N2S. The van der Waals surface area contributed by atoms with E-state index in [0.717, 1.165) is 12.1 Å². The summed E-state index contributed by atoms with van der Waals surface area (Å²) in [5.41, 5.74) is 1.98. The molecule has 2 atom stereocenters. The van der Waals surface area contributed by atoms with Crippen molar-refractivity contribution in [3.05, 3.63) is 35.4 Å². The largest absolute Gasteiger partial charge is 0.309 e. The standard InChI is InChI=1S/C15H20N2S/c1-12(14-6-4-13(10-16)5-7-14)17-11-15(2)8-3-9-18-15/h4-7,12,17H,3,8-9,11H2,1-2H3. The minimum absolute atomic E-state index is 0.343. The van der Waals surface area contributed by atoms with Gasteiger partial charge in [-0.25, -0.2) is 0 Å². The molecular weight excluding hydrogens is 240 g/mol. The van der Waals surface area contributed by atoms with Gasteiger partial charge in [-0.05, 0) is 50.1 Å². The third-order valence-electron chi connectivity index (χ3n) is 3.62. The summed E-state index contributed by atoms with van der Waals surface area (Å²) in [7, 11) is 0. The lowest BCUT2D eigenvalue weighted by atomic mass is 10.0. The lowest BCUT2D eigenvalue weighted by Gasteiger charge is -2.25. The lowest BCUT2D eigenvalue weighted by Crippen LogP contribution is -2.34. The van der Waals surface area contributed by atoms with Crippen LogP contribution in [-0.4, -0.2) is 17.0 Å². The van der Waals surface area contributed by atoms with Crippen LogP contribution in [0.3, 0.4) is 0 Å². The van der Waals surface area contributed by atoms with Crippen molar-refractivity contribution < 1.29 is 0 Å². The molecule has 1 aliphatic rings. The molecule has 1 aliphatic heterocycles. The topological polar surface area (TPSA) is 35.8 Å². The van der Waals surface area contributed by atoms with E-state index >= 15 is 0 Å². The molecule has 18 heavy (non-hydrogen) atoms. The van der Waals surface area contributed by atoms with Crippen LogP contribution in [0.25, 0.3) is 0 Å². The molecule has 0 aliphatic carbocycles. The van der Waals surface area contributed by atoms with Crippen LogP contribution in [0.5, 0.6) is 0 Å². The fourth-order valence-electron chi connectivity index (χ4n) is 2.31. The summed E-state index contributed by atoms with van der Waals surface area (Å²) in [6.07, 6.45) is 2.65. The zero-order valence-corrected chi connectivity index (χ0v) is 11.9. The predicted molar refractivity (Wildman–Crippen MR) is 77.7 cm³/mol. The van der Waals surface area contributed by atoms with Crippen LogP contribution < -0.4 is 5.32 Å². The third kappa shape index (κ3) is 3.28. The highest BCUT2D eigenvalue weighted by atomic mass is 32.2. The van der Waals surface area contributed by atoms with Gasteiger partial charge in [-0.2, -0.15) is 17.0 Å². The summed E-state index contributed by atoms with van der Waals surface area (Å²) in [4.78, 5) is 0. The number of nitrogens with one attached hydrogen (secondary N) is 1. The number of nitriles is 1. The molecule has 1 fully saturated rings. The van der Waals surface area contributed by atoms with Crippen LogP contribution in [0.1, 0.15) is 43.9 Å². The van der Waals surface area contributed by atoms with Crippen molar-refractivity contribution in [1.29, 1.82) is 5.26 Å². The fraction of sp³-hybridized carbons (Fsp3) is 0.533. The summed E-state index contributed by atoms with van der Waals surface area (Å²) >= 11 is 2.08. The molecule has 1 saturated heterocycles. The molecule has 2 nitrogen and oxygen atoms in total. The highest BCUT2D eigenvalue weighted by molar-refractivity contribution is 8.00. The van der Waals surface area contributed by atoms with Crippen LogP contribution in [0.15, 0.2) is 24.3 Å². The quantitative estimate of drug-likeness (QED) is 0.900. The Hall–Kier alpha value is -0.980. The zero-order chi connectivity index (χ0) is 13.0. The van der Waals surface area contributed by atoms with E-state index in [1.54, 1.807) is 0 Å². The molecule has 0 spiro atoms. The SMILES string of the molecule is CC(NCC1(C)CCCS1)c1ccc(C#N)cc1. The average molecular weight is 260 g/mol. The van der Waals surface area contributed by atoms with Crippen molar-refractivity contribution >= 4 is 11.8 Å². The molecule has 0 saturated carbocycles. The van der Waals surface area contributed by atoms with Crippen molar-refractivity contribution in [3.8, 4) is 6.07 Å². The van der Waals surface area contributed by atoms with Crippen LogP contribution in [-0.2, 0) is 0 Å². The predicted octanol–water partition coefficient (Wildman–Crippen LogP) is 3.49.